The molecule has 0 atom stereocenters. The Hall–Kier alpha value is -3.80. The van der Waals surface area contributed by atoms with E-state index in [4.69, 9.17) is 9.97 Å². The number of hydrogen-bond donors (Lipinski definition) is 1. The quantitative estimate of drug-likeness (QED) is 0.541. The molecule has 0 radical (unpaired) electrons. The molecule has 1 aliphatic rings. The fourth-order valence-corrected chi connectivity index (χ4v) is 3.74. The van der Waals surface area contributed by atoms with Gasteiger partial charge in [0.05, 0.1) is 5.52 Å². The molecule has 0 spiro atoms. The molecule has 2 aromatic carbocycles. The first-order chi connectivity index (χ1) is 14.8. The monoisotopic (exact) mass is 395 g/mol. The summed E-state index contributed by atoms with van der Waals surface area (Å²) in [6.45, 7) is 1.43. The van der Waals surface area contributed by atoms with E-state index in [0.717, 1.165) is 46.5 Å². The first-order valence-corrected chi connectivity index (χ1v) is 10.1. The van der Waals surface area contributed by atoms with Crippen molar-refractivity contribution in [3.63, 3.8) is 0 Å². The van der Waals surface area contributed by atoms with Gasteiger partial charge in [-0.15, -0.1) is 0 Å². The Morgan fingerprint density at radius 1 is 0.967 bits per heavy atom. The highest BCUT2D eigenvalue weighted by Gasteiger charge is 2.21. The van der Waals surface area contributed by atoms with Crippen LogP contribution in [0.3, 0.4) is 0 Å². The number of pyridine rings is 1. The number of fused-ring (bicyclic) bond motifs is 1. The lowest BCUT2D eigenvalue weighted by molar-refractivity contribution is -0.117. The zero-order valence-electron chi connectivity index (χ0n) is 16.5. The maximum absolute atomic E-state index is 11.9. The van der Waals surface area contributed by atoms with E-state index in [0.29, 0.717) is 18.8 Å². The molecule has 3 heterocycles. The van der Waals surface area contributed by atoms with Crippen molar-refractivity contribution in [1.29, 1.82) is 0 Å². The lowest BCUT2D eigenvalue weighted by Gasteiger charge is -2.16. The molecule has 5 rings (SSSR count). The van der Waals surface area contributed by atoms with Crippen LogP contribution in [-0.2, 0) is 11.3 Å². The number of amides is 1. The third-order valence-electron chi connectivity index (χ3n) is 5.30. The highest BCUT2D eigenvalue weighted by molar-refractivity contribution is 5.95. The van der Waals surface area contributed by atoms with Crippen LogP contribution in [0.1, 0.15) is 18.4 Å². The predicted molar refractivity (Wildman–Crippen MR) is 118 cm³/mol. The minimum absolute atomic E-state index is 0.205. The second-order valence-electron chi connectivity index (χ2n) is 7.32. The maximum Gasteiger partial charge on any atom is 0.227 e. The van der Waals surface area contributed by atoms with Crippen LogP contribution in [0.2, 0.25) is 0 Å². The minimum atomic E-state index is 0.205. The van der Waals surface area contributed by atoms with E-state index in [1.54, 1.807) is 12.4 Å². The normalized spacial score (nSPS) is 13.7. The largest absolute Gasteiger partial charge is 0.365 e. The fourth-order valence-electron chi connectivity index (χ4n) is 3.74. The standard InChI is InChI=1S/C24H21N5O/c30-22-8-4-14-29(22)19-11-9-17(10-12-19)15-26-24-20-6-1-2-7-21(20)27-23(28-24)18-5-3-13-25-16-18/h1-3,5-7,9-13,16H,4,8,14-15H2,(H,26,27,28). The van der Waals surface area contributed by atoms with E-state index in [1.165, 1.54) is 0 Å². The van der Waals surface area contributed by atoms with Gasteiger partial charge in [-0.25, -0.2) is 9.97 Å². The Balaban J connectivity index is 1.40. The average molecular weight is 395 g/mol. The van der Waals surface area contributed by atoms with E-state index in [-0.39, 0.29) is 5.91 Å². The number of benzene rings is 2. The molecule has 4 aromatic rings. The van der Waals surface area contributed by atoms with Crippen molar-refractivity contribution in [2.45, 2.75) is 19.4 Å². The zero-order chi connectivity index (χ0) is 20.3. The summed E-state index contributed by atoms with van der Waals surface area (Å²) in [5, 5.41) is 4.44. The van der Waals surface area contributed by atoms with Gasteiger partial charge in [0.2, 0.25) is 5.91 Å². The van der Waals surface area contributed by atoms with E-state index in [1.807, 2.05) is 53.4 Å². The summed E-state index contributed by atoms with van der Waals surface area (Å²) in [5.41, 5.74) is 3.85. The van der Waals surface area contributed by atoms with Gasteiger partial charge in [-0.2, -0.15) is 0 Å². The van der Waals surface area contributed by atoms with Crippen LogP contribution in [-0.4, -0.2) is 27.4 Å². The van der Waals surface area contributed by atoms with Crippen molar-refractivity contribution in [1.82, 2.24) is 15.0 Å². The van der Waals surface area contributed by atoms with Crippen LogP contribution in [0.25, 0.3) is 22.3 Å². The number of aromatic nitrogens is 3. The molecule has 1 N–H and O–H groups in total. The Bertz CT molecular complexity index is 1190. The molecule has 1 saturated heterocycles. The SMILES string of the molecule is O=C1CCCN1c1ccc(CNc2nc(-c3cccnc3)nc3ccccc23)cc1. The number of nitrogens with zero attached hydrogens (tertiary/aromatic N) is 4. The van der Waals surface area contributed by atoms with Crippen molar-refractivity contribution >= 4 is 28.3 Å². The summed E-state index contributed by atoms with van der Waals surface area (Å²) >= 11 is 0. The van der Waals surface area contributed by atoms with Gasteiger partial charge in [0, 0.05) is 48.5 Å². The lowest BCUT2D eigenvalue weighted by atomic mass is 10.1. The predicted octanol–water partition coefficient (Wildman–Crippen LogP) is 4.43. The number of carbonyl (C=O) groups excluding carboxylic acids is 1. The molecular weight excluding hydrogens is 374 g/mol. The molecule has 2 aromatic heterocycles. The molecule has 0 bridgehead atoms. The second-order valence-corrected chi connectivity index (χ2v) is 7.32. The summed E-state index contributed by atoms with van der Waals surface area (Å²) in [5.74, 6) is 1.64. The van der Waals surface area contributed by atoms with Crippen molar-refractivity contribution in [2.75, 3.05) is 16.8 Å². The van der Waals surface area contributed by atoms with Crippen molar-refractivity contribution in [3.8, 4) is 11.4 Å². The summed E-state index contributed by atoms with van der Waals surface area (Å²) in [6, 6.07) is 20.0. The number of carbonyl (C=O) groups is 1. The first-order valence-electron chi connectivity index (χ1n) is 10.1. The smallest absolute Gasteiger partial charge is 0.227 e. The van der Waals surface area contributed by atoms with Gasteiger partial charge in [0.25, 0.3) is 0 Å². The van der Waals surface area contributed by atoms with E-state index >= 15 is 0 Å². The van der Waals surface area contributed by atoms with E-state index in [9.17, 15) is 4.79 Å². The van der Waals surface area contributed by atoms with Crippen molar-refractivity contribution < 1.29 is 4.79 Å². The molecule has 6 nitrogen and oxygen atoms in total. The fraction of sp³-hybridized carbons (Fsp3) is 0.167. The summed E-state index contributed by atoms with van der Waals surface area (Å²) < 4.78 is 0. The van der Waals surface area contributed by atoms with Gasteiger partial charge in [0.1, 0.15) is 5.82 Å². The van der Waals surface area contributed by atoms with Gasteiger partial charge in [-0.3, -0.25) is 9.78 Å². The van der Waals surface area contributed by atoms with Crippen LogP contribution in [0.15, 0.2) is 73.1 Å². The molecule has 148 valence electrons. The summed E-state index contributed by atoms with van der Waals surface area (Å²) in [6.07, 6.45) is 5.08. The van der Waals surface area contributed by atoms with Crippen molar-refractivity contribution in [2.24, 2.45) is 0 Å². The zero-order valence-corrected chi connectivity index (χ0v) is 16.5. The number of nitrogens with one attached hydrogen (secondary N) is 1. The highest BCUT2D eigenvalue weighted by atomic mass is 16.2. The molecule has 1 amide bonds. The minimum Gasteiger partial charge on any atom is -0.365 e. The Kier molecular flexibility index (Phi) is 4.81. The van der Waals surface area contributed by atoms with E-state index < -0.39 is 0 Å². The third-order valence-corrected chi connectivity index (χ3v) is 5.30. The van der Waals surface area contributed by atoms with Gasteiger partial charge in [0.15, 0.2) is 5.82 Å². The first kappa shape index (κ1) is 18.2. The molecule has 30 heavy (non-hydrogen) atoms. The molecule has 1 aliphatic heterocycles. The summed E-state index contributed by atoms with van der Waals surface area (Å²) in [4.78, 5) is 27.4. The highest BCUT2D eigenvalue weighted by Crippen LogP contribution is 2.26. The van der Waals surface area contributed by atoms with Crippen LogP contribution in [0.5, 0.6) is 0 Å². The molecule has 6 heteroatoms. The van der Waals surface area contributed by atoms with Gasteiger partial charge in [-0.1, -0.05) is 24.3 Å². The maximum atomic E-state index is 11.9. The number of hydrogen-bond acceptors (Lipinski definition) is 5. The Labute approximate surface area is 174 Å². The van der Waals surface area contributed by atoms with E-state index in [2.05, 4.69) is 22.4 Å². The Morgan fingerprint density at radius 3 is 2.60 bits per heavy atom. The average Bonchev–Trinajstić information content (AvgIpc) is 3.24. The molecular formula is C24H21N5O. The molecule has 0 saturated carbocycles. The third kappa shape index (κ3) is 3.59. The topological polar surface area (TPSA) is 71.0 Å². The Morgan fingerprint density at radius 2 is 1.83 bits per heavy atom. The van der Waals surface area contributed by atoms with Crippen LogP contribution in [0.4, 0.5) is 11.5 Å². The number of anilines is 2. The number of para-hydroxylation sites is 1. The van der Waals surface area contributed by atoms with Crippen LogP contribution < -0.4 is 10.2 Å². The van der Waals surface area contributed by atoms with Gasteiger partial charge >= 0.3 is 0 Å². The molecule has 1 fully saturated rings. The molecule has 0 unspecified atom stereocenters. The lowest BCUT2D eigenvalue weighted by Crippen LogP contribution is -2.23. The van der Waals surface area contributed by atoms with Gasteiger partial charge < -0.3 is 10.2 Å². The van der Waals surface area contributed by atoms with Crippen LogP contribution in [0, 0.1) is 0 Å². The summed E-state index contributed by atoms with van der Waals surface area (Å²) in [7, 11) is 0. The second kappa shape index (κ2) is 7.91. The number of rotatable bonds is 5. The van der Waals surface area contributed by atoms with Crippen molar-refractivity contribution in [3.05, 3.63) is 78.6 Å². The molecule has 0 aliphatic carbocycles. The van der Waals surface area contributed by atoms with Gasteiger partial charge in [-0.05, 0) is 48.4 Å². The van der Waals surface area contributed by atoms with Crippen LogP contribution >= 0.6 is 0 Å².